The minimum atomic E-state index is -0.774. The van der Waals surface area contributed by atoms with Crippen molar-refractivity contribution in [2.45, 2.75) is 18.9 Å². The number of carbonyl (C=O) groups is 4. The first-order valence-electron chi connectivity index (χ1n) is 10.7. The van der Waals surface area contributed by atoms with Gasteiger partial charge in [-0.05, 0) is 36.8 Å². The number of anilines is 1. The lowest BCUT2D eigenvalue weighted by Crippen LogP contribution is -2.47. The Morgan fingerprint density at radius 3 is 2.38 bits per heavy atom. The molecule has 10 nitrogen and oxygen atoms in total. The van der Waals surface area contributed by atoms with Crippen molar-refractivity contribution in [1.82, 2.24) is 10.6 Å². The number of ether oxygens (including phenoxy) is 3. The van der Waals surface area contributed by atoms with Crippen LogP contribution in [0.25, 0.3) is 0 Å². The average Bonchev–Trinajstić information content (AvgIpc) is 2.87. The van der Waals surface area contributed by atoms with Gasteiger partial charge in [0.15, 0.2) is 6.61 Å². The third kappa shape index (κ3) is 5.45. The summed E-state index contributed by atoms with van der Waals surface area (Å²) in [5.74, 6) is -1.23. The maximum atomic E-state index is 13.1. The molecule has 1 heterocycles. The summed E-state index contributed by atoms with van der Waals surface area (Å²) >= 11 is 0. The first-order chi connectivity index (χ1) is 16.4. The van der Waals surface area contributed by atoms with E-state index in [-0.39, 0.29) is 18.7 Å². The van der Waals surface area contributed by atoms with Crippen LogP contribution in [0.2, 0.25) is 0 Å². The number of hydrogen-bond donors (Lipinski definition) is 2. The molecule has 2 unspecified atom stereocenters. The van der Waals surface area contributed by atoms with Gasteiger partial charge in [-0.2, -0.15) is 0 Å². The second kappa shape index (κ2) is 11.2. The molecule has 34 heavy (non-hydrogen) atoms. The zero-order valence-electron chi connectivity index (χ0n) is 19.2. The van der Waals surface area contributed by atoms with E-state index in [0.29, 0.717) is 22.7 Å². The van der Waals surface area contributed by atoms with Gasteiger partial charge in [0.1, 0.15) is 11.5 Å². The van der Waals surface area contributed by atoms with Gasteiger partial charge in [-0.1, -0.05) is 18.2 Å². The fraction of sp³-hybridized carbons (Fsp3) is 0.333. The lowest BCUT2D eigenvalue weighted by Gasteiger charge is -2.40. The summed E-state index contributed by atoms with van der Waals surface area (Å²) in [5, 5.41) is 4.29. The quantitative estimate of drug-likeness (QED) is 0.596. The molecule has 0 bridgehead atoms. The van der Waals surface area contributed by atoms with Gasteiger partial charge in [-0.3, -0.25) is 19.7 Å². The highest BCUT2D eigenvalue weighted by atomic mass is 16.5. The number of nitrogens with zero attached hydrogens (tertiary/aromatic N) is 1. The molecular formula is C24H27N3O7. The van der Waals surface area contributed by atoms with E-state index in [1.165, 1.54) is 14.2 Å². The number of amides is 4. The Balaban J connectivity index is 1.95. The molecule has 1 aliphatic rings. The molecule has 2 aromatic rings. The Morgan fingerprint density at radius 1 is 1.03 bits per heavy atom. The van der Waals surface area contributed by atoms with Crippen LogP contribution >= 0.6 is 0 Å². The van der Waals surface area contributed by atoms with Crippen LogP contribution in [0.5, 0.6) is 11.5 Å². The highest BCUT2D eigenvalue weighted by Crippen LogP contribution is 2.43. The van der Waals surface area contributed by atoms with E-state index in [0.717, 1.165) is 0 Å². The number of piperidine rings is 1. The largest absolute Gasteiger partial charge is 0.497 e. The van der Waals surface area contributed by atoms with E-state index in [4.69, 9.17) is 14.2 Å². The Morgan fingerprint density at radius 2 is 1.74 bits per heavy atom. The van der Waals surface area contributed by atoms with Crippen molar-refractivity contribution in [3.8, 4) is 11.5 Å². The molecule has 0 saturated carbocycles. The Hall–Kier alpha value is -4.08. The molecule has 3 rings (SSSR count). The molecule has 4 amide bonds. The van der Waals surface area contributed by atoms with E-state index in [1.807, 2.05) is 5.32 Å². The highest BCUT2D eigenvalue weighted by molar-refractivity contribution is 5.98. The standard InChI is InChI=1S/C24H27N3O7/c1-25-24(31)26-20(28)14-34-23(30)18-12-13-21(29)27(15-8-10-16(32-2)11-9-15)22(18)17-6-4-5-7-19(17)33-3/h4-11,18,22H,12-14H2,1-3H3,(H2,25,26,28,31). The molecule has 10 heteroatoms. The third-order valence-electron chi connectivity index (χ3n) is 5.53. The average molecular weight is 469 g/mol. The summed E-state index contributed by atoms with van der Waals surface area (Å²) in [6.07, 6.45) is 0.339. The molecular weight excluding hydrogens is 442 g/mol. The van der Waals surface area contributed by atoms with E-state index >= 15 is 0 Å². The second-order valence-electron chi connectivity index (χ2n) is 7.53. The Kier molecular flexibility index (Phi) is 8.07. The van der Waals surface area contributed by atoms with Gasteiger partial charge in [0.25, 0.3) is 5.91 Å². The molecule has 2 aromatic carbocycles. The molecule has 1 aliphatic heterocycles. The third-order valence-corrected chi connectivity index (χ3v) is 5.53. The summed E-state index contributed by atoms with van der Waals surface area (Å²) in [6, 6.07) is 12.6. The molecule has 0 aromatic heterocycles. The summed E-state index contributed by atoms with van der Waals surface area (Å²) in [7, 11) is 4.42. The Bertz CT molecular complexity index is 1050. The first kappa shape index (κ1) is 24.6. The molecule has 180 valence electrons. The maximum Gasteiger partial charge on any atom is 0.321 e. The molecule has 0 spiro atoms. The van der Waals surface area contributed by atoms with Crippen LogP contribution in [0.3, 0.4) is 0 Å². The van der Waals surface area contributed by atoms with Crippen LogP contribution in [0.1, 0.15) is 24.4 Å². The molecule has 2 atom stereocenters. The SMILES string of the molecule is CNC(=O)NC(=O)COC(=O)C1CCC(=O)N(c2ccc(OC)cc2)C1c1ccccc1OC. The monoisotopic (exact) mass is 469 g/mol. The number of esters is 1. The number of imide groups is 1. The number of carbonyl (C=O) groups excluding carboxylic acids is 4. The first-order valence-corrected chi connectivity index (χ1v) is 10.7. The van der Waals surface area contributed by atoms with Crippen molar-refractivity contribution in [2.24, 2.45) is 5.92 Å². The lowest BCUT2D eigenvalue weighted by atomic mass is 9.83. The van der Waals surface area contributed by atoms with Crippen LogP contribution in [0.15, 0.2) is 48.5 Å². The van der Waals surface area contributed by atoms with Crippen LogP contribution in [0.4, 0.5) is 10.5 Å². The van der Waals surface area contributed by atoms with Gasteiger partial charge in [0, 0.05) is 24.7 Å². The second-order valence-corrected chi connectivity index (χ2v) is 7.53. The number of hydrogen-bond acceptors (Lipinski definition) is 7. The molecule has 1 saturated heterocycles. The van der Waals surface area contributed by atoms with Crippen LogP contribution in [0, 0.1) is 5.92 Å². The maximum absolute atomic E-state index is 13.1. The van der Waals surface area contributed by atoms with Crippen molar-refractivity contribution < 1.29 is 33.4 Å². The summed E-state index contributed by atoms with van der Waals surface area (Å²) < 4.78 is 16.0. The van der Waals surface area contributed by atoms with E-state index < -0.39 is 36.5 Å². The minimum absolute atomic E-state index is 0.113. The van der Waals surface area contributed by atoms with Crippen LogP contribution < -0.4 is 25.0 Å². The van der Waals surface area contributed by atoms with Crippen LogP contribution in [-0.4, -0.2) is 51.7 Å². The van der Waals surface area contributed by atoms with Crippen molar-refractivity contribution in [3.63, 3.8) is 0 Å². The molecule has 0 aliphatic carbocycles. The minimum Gasteiger partial charge on any atom is -0.497 e. The molecule has 1 fully saturated rings. The fourth-order valence-electron chi connectivity index (χ4n) is 3.92. The van der Waals surface area contributed by atoms with Gasteiger partial charge in [0.05, 0.1) is 26.2 Å². The zero-order valence-corrected chi connectivity index (χ0v) is 19.2. The van der Waals surface area contributed by atoms with Gasteiger partial charge in [-0.15, -0.1) is 0 Å². The van der Waals surface area contributed by atoms with Crippen LogP contribution in [-0.2, 0) is 19.1 Å². The lowest BCUT2D eigenvalue weighted by molar-refractivity contribution is -0.154. The summed E-state index contributed by atoms with van der Waals surface area (Å²) in [5.41, 5.74) is 1.21. The summed E-state index contributed by atoms with van der Waals surface area (Å²) in [6.45, 7) is -0.627. The molecule has 0 radical (unpaired) electrons. The number of rotatable bonds is 7. The van der Waals surface area contributed by atoms with E-state index in [2.05, 4.69) is 5.32 Å². The number of para-hydroxylation sites is 1. The van der Waals surface area contributed by atoms with Gasteiger partial charge in [0.2, 0.25) is 5.91 Å². The van der Waals surface area contributed by atoms with Crippen molar-refractivity contribution in [2.75, 3.05) is 32.8 Å². The smallest absolute Gasteiger partial charge is 0.321 e. The highest BCUT2D eigenvalue weighted by Gasteiger charge is 2.43. The number of nitrogens with one attached hydrogen (secondary N) is 2. The predicted molar refractivity (Wildman–Crippen MR) is 122 cm³/mol. The number of methoxy groups -OCH3 is 2. The summed E-state index contributed by atoms with van der Waals surface area (Å²) in [4.78, 5) is 51.0. The van der Waals surface area contributed by atoms with E-state index in [1.54, 1.807) is 60.5 Å². The number of benzene rings is 2. The van der Waals surface area contributed by atoms with Crippen molar-refractivity contribution in [3.05, 3.63) is 54.1 Å². The predicted octanol–water partition coefficient (Wildman–Crippen LogP) is 2.19. The molecule has 2 N–H and O–H groups in total. The van der Waals surface area contributed by atoms with Crippen molar-refractivity contribution >= 4 is 29.5 Å². The van der Waals surface area contributed by atoms with Gasteiger partial charge in [-0.25, -0.2) is 4.79 Å². The van der Waals surface area contributed by atoms with E-state index in [9.17, 15) is 19.2 Å². The normalized spacial score (nSPS) is 17.5. The van der Waals surface area contributed by atoms with Gasteiger partial charge < -0.3 is 24.4 Å². The fourth-order valence-corrected chi connectivity index (χ4v) is 3.92. The topological polar surface area (TPSA) is 123 Å². The number of urea groups is 1. The zero-order chi connectivity index (χ0) is 24.7. The Labute approximate surface area is 197 Å². The van der Waals surface area contributed by atoms with Gasteiger partial charge >= 0.3 is 12.0 Å². The van der Waals surface area contributed by atoms with Crippen molar-refractivity contribution in [1.29, 1.82) is 0 Å².